The normalized spacial score (nSPS) is 13.9. The van der Waals surface area contributed by atoms with Crippen LogP contribution in [0.25, 0.3) is 6.08 Å². The van der Waals surface area contributed by atoms with E-state index in [1.165, 1.54) is 47.1 Å². The topological polar surface area (TPSA) is 0 Å². The summed E-state index contributed by atoms with van der Waals surface area (Å²) in [6, 6.07) is 4.45. The van der Waals surface area contributed by atoms with Crippen LogP contribution >= 0.6 is 0 Å². The fraction of sp³-hybridized carbons (Fsp3) is 0.400. The van der Waals surface area contributed by atoms with E-state index in [1.807, 2.05) is 0 Å². The van der Waals surface area contributed by atoms with E-state index < -0.39 is 0 Å². The van der Waals surface area contributed by atoms with Gasteiger partial charge in [0.05, 0.1) is 0 Å². The zero-order valence-electron chi connectivity index (χ0n) is 9.93. The molecular weight excluding hydrogens is 180 g/mol. The number of benzene rings is 1. The molecule has 0 saturated heterocycles. The first-order valence-corrected chi connectivity index (χ1v) is 5.88. The van der Waals surface area contributed by atoms with Crippen LogP contribution in [0.2, 0.25) is 0 Å². The van der Waals surface area contributed by atoms with Crippen molar-refractivity contribution in [2.75, 3.05) is 0 Å². The summed E-state index contributed by atoms with van der Waals surface area (Å²) in [6.07, 6.45) is 8.54. The first kappa shape index (κ1) is 10.5. The van der Waals surface area contributed by atoms with Crippen molar-refractivity contribution in [2.45, 2.75) is 40.0 Å². The van der Waals surface area contributed by atoms with Crippen molar-refractivity contribution in [1.29, 1.82) is 0 Å². The highest BCUT2D eigenvalue weighted by atomic mass is 14.2. The van der Waals surface area contributed by atoms with Crippen molar-refractivity contribution < 1.29 is 0 Å². The van der Waals surface area contributed by atoms with Gasteiger partial charge in [-0.2, -0.15) is 0 Å². The Morgan fingerprint density at radius 3 is 2.27 bits per heavy atom. The molecule has 0 saturated carbocycles. The monoisotopic (exact) mass is 199 g/mol. The smallest absolute Gasteiger partial charge is 0.0167 e. The van der Waals surface area contributed by atoms with Crippen LogP contribution in [-0.2, 0) is 0 Å². The highest BCUT2D eigenvalue weighted by Crippen LogP contribution is 2.33. The predicted molar refractivity (Wildman–Crippen MR) is 66.8 cm³/mol. The minimum Gasteiger partial charge on any atom is -0.0654 e. The maximum absolute atomic E-state index is 2.37. The Labute approximate surface area is 93.0 Å². The second-order valence-corrected chi connectivity index (χ2v) is 4.49. The van der Waals surface area contributed by atoms with Crippen LogP contribution < -0.4 is 0 Å². The van der Waals surface area contributed by atoms with Crippen LogP contribution in [0.5, 0.6) is 0 Å². The first-order valence-electron chi connectivity index (χ1n) is 5.88. The van der Waals surface area contributed by atoms with E-state index in [0.717, 1.165) is 0 Å². The van der Waals surface area contributed by atoms with Crippen LogP contribution in [0.3, 0.4) is 0 Å². The second kappa shape index (κ2) is 4.22. The maximum atomic E-state index is 2.37. The molecule has 0 aliphatic heterocycles. The zero-order valence-corrected chi connectivity index (χ0v) is 9.93. The van der Waals surface area contributed by atoms with Crippen LogP contribution in [0.15, 0.2) is 17.7 Å². The van der Waals surface area contributed by atoms with Crippen LogP contribution in [0.1, 0.15) is 48.4 Å². The van der Waals surface area contributed by atoms with E-state index in [2.05, 4.69) is 45.4 Å². The average Bonchev–Trinajstić information content (AvgIpc) is 2.66. The Hall–Kier alpha value is -1.04. The van der Waals surface area contributed by atoms with Crippen molar-refractivity contribution >= 4 is 6.08 Å². The highest BCUT2D eigenvalue weighted by molar-refractivity contribution is 5.73. The van der Waals surface area contributed by atoms with Crippen molar-refractivity contribution in [2.24, 2.45) is 0 Å². The molecule has 79 valence electrons. The minimum absolute atomic E-state index is 1.23. The van der Waals surface area contributed by atoms with E-state index in [1.54, 1.807) is 0 Å². The summed E-state index contributed by atoms with van der Waals surface area (Å²) in [5.41, 5.74) is 7.20. The summed E-state index contributed by atoms with van der Waals surface area (Å²) in [7, 11) is 0. The van der Waals surface area contributed by atoms with Gasteiger partial charge in [-0.3, -0.25) is 0 Å². The van der Waals surface area contributed by atoms with Gasteiger partial charge in [0.1, 0.15) is 0 Å². The molecule has 1 aromatic carbocycles. The van der Waals surface area contributed by atoms with Gasteiger partial charge in [-0.15, -0.1) is 0 Å². The molecule has 0 aromatic heterocycles. The third-order valence-electron chi connectivity index (χ3n) is 3.20. The molecule has 1 aliphatic carbocycles. The summed E-state index contributed by atoms with van der Waals surface area (Å²) in [6.45, 7) is 6.65. The Morgan fingerprint density at radius 1 is 1.00 bits per heavy atom. The van der Waals surface area contributed by atoms with Crippen molar-refractivity contribution in [3.63, 3.8) is 0 Å². The molecule has 0 nitrogen and oxygen atoms in total. The van der Waals surface area contributed by atoms with Gasteiger partial charge >= 0.3 is 0 Å². The molecule has 0 fully saturated rings. The average molecular weight is 199 g/mol. The van der Waals surface area contributed by atoms with Crippen molar-refractivity contribution in [3.8, 4) is 0 Å². The van der Waals surface area contributed by atoms with Crippen LogP contribution in [0, 0.1) is 20.3 Å². The number of rotatable bonds is 3. The van der Waals surface area contributed by atoms with E-state index in [-0.39, 0.29) is 0 Å². The number of hydrogen-bond donors (Lipinski definition) is 0. The lowest BCUT2D eigenvalue weighted by Crippen LogP contribution is -1.89. The molecule has 0 heteroatoms. The Kier molecular flexibility index (Phi) is 2.95. The Bertz CT molecular complexity index is 397. The fourth-order valence-electron chi connectivity index (χ4n) is 2.18. The SMILES string of the molecule is CCCCC1=Cc2c(C)ccc(C)c2[CH]1. The van der Waals surface area contributed by atoms with E-state index in [9.17, 15) is 0 Å². The van der Waals surface area contributed by atoms with Crippen LogP contribution in [-0.4, -0.2) is 0 Å². The minimum atomic E-state index is 1.23. The molecule has 0 spiro atoms. The first-order chi connectivity index (χ1) is 7.22. The number of allylic oxidation sites excluding steroid dienone is 1. The van der Waals surface area contributed by atoms with Crippen molar-refractivity contribution in [1.82, 2.24) is 0 Å². The molecule has 2 rings (SSSR count). The quantitative estimate of drug-likeness (QED) is 0.675. The molecule has 1 aromatic rings. The van der Waals surface area contributed by atoms with Gasteiger partial charge in [-0.25, -0.2) is 0 Å². The summed E-state index contributed by atoms with van der Waals surface area (Å²) >= 11 is 0. The van der Waals surface area contributed by atoms with Gasteiger partial charge in [0.15, 0.2) is 0 Å². The van der Waals surface area contributed by atoms with Gasteiger partial charge in [-0.1, -0.05) is 37.1 Å². The largest absolute Gasteiger partial charge is 0.0654 e. The lowest BCUT2D eigenvalue weighted by Gasteiger charge is -2.06. The maximum Gasteiger partial charge on any atom is 0.0167 e. The predicted octanol–water partition coefficient (Wildman–Crippen LogP) is 4.44. The lowest BCUT2D eigenvalue weighted by molar-refractivity contribution is 0.797. The molecule has 0 bridgehead atoms. The summed E-state index contributed by atoms with van der Waals surface area (Å²) < 4.78 is 0. The van der Waals surface area contributed by atoms with Crippen LogP contribution in [0.4, 0.5) is 0 Å². The summed E-state index contributed by atoms with van der Waals surface area (Å²) in [4.78, 5) is 0. The van der Waals surface area contributed by atoms with Gasteiger partial charge in [-0.05, 0) is 48.9 Å². The zero-order chi connectivity index (χ0) is 10.8. The molecule has 0 N–H and O–H groups in total. The standard InChI is InChI=1S/C15H19/c1-4-5-6-13-9-14-11(2)7-8-12(3)15(14)10-13/h7-10H,4-6H2,1-3H3. The molecule has 0 unspecified atom stereocenters. The molecule has 0 amide bonds. The second-order valence-electron chi connectivity index (χ2n) is 4.49. The highest BCUT2D eigenvalue weighted by Gasteiger charge is 2.16. The molecule has 0 heterocycles. The number of unbranched alkanes of at least 4 members (excludes halogenated alkanes) is 1. The van der Waals surface area contributed by atoms with E-state index in [0.29, 0.717) is 0 Å². The molecule has 1 aliphatic rings. The van der Waals surface area contributed by atoms with E-state index >= 15 is 0 Å². The number of aryl methyl sites for hydroxylation is 2. The molecule has 0 atom stereocenters. The number of fused-ring (bicyclic) bond motifs is 1. The third-order valence-corrected chi connectivity index (χ3v) is 3.20. The molecule has 15 heavy (non-hydrogen) atoms. The number of hydrogen-bond acceptors (Lipinski definition) is 0. The summed E-state index contributed by atoms with van der Waals surface area (Å²) in [5, 5.41) is 0. The lowest BCUT2D eigenvalue weighted by atomic mass is 9.99. The Morgan fingerprint density at radius 2 is 1.67 bits per heavy atom. The van der Waals surface area contributed by atoms with E-state index in [4.69, 9.17) is 0 Å². The molecule has 1 radical (unpaired) electrons. The van der Waals surface area contributed by atoms with Crippen molar-refractivity contribution in [3.05, 3.63) is 46.4 Å². The summed E-state index contributed by atoms with van der Waals surface area (Å²) in [5.74, 6) is 0. The third kappa shape index (κ3) is 1.99. The molecular formula is C15H19. The van der Waals surface area contributed by atoms with Gasteiger partial charge in [0.25, 0.3) is 0 Å². The fourth-order valence-corrected chi connectivity index (χ4v) is 2.18. The van der Waals surface area contributed by atoms with Gasteiger partial charge in [0, 0.05) is 6.42 Å². The van der Waals surface area contributed by atoms with Gasteiger partial charge in [0.2, 0.25) is 0 Å². The van der Waals surface area contributed by atoms with Gasteiger partial charge < -0.3 is 0 Å². The Balaban J connectivity index is 2.25.